The summed E-state index contributed by atoms with van der Waals surface area (Å²) in [5.74, 6) is 0.0967. The van der Waals surface area contributed by atoms with E-state index in [-0.39, 0.29) is 12.3 Å². The number of aliphatic carboxylic acids is 1. The van der Waals surface area contributed by atoms with E-state index in [0.29, 0.717) is 25.8 Å². The van der Waals surface area contributed by atoms with Gasteiger partial charge in [0.25, 0.3) is 0 Å². The topological polar surface area (TPSA) is 95.1 Å². The molecule has 0 saturated heterocycles. The zero-order valence-electron chi connectivity index (χ0n) is 10.3. The Balaban J connectivity index is 1.95. The predicted octanol–water partition coefficient (Wildman–Crippen LogP) is 1.10. The Morgan fingerprint density at radius 1 is 1.28 bits per heavy atom. The van der Waals surface area contributed by atoms with Gasteiger partial charge in [-0.15, -0.1) is 0 Å². The van der Waals surface area contributed by atoms with Gasteiger partial charge in [0.15, 0.2) is 0 Å². The maximum Gasteiger partial charge on any atom is 0.303 e. The molecular formula is C12H19N3O3. The first kappa shape index (κ1) is 14.2. The molecule has 6 heteroatoms. The number of carboxylic acid groups (broad SMARTS) is 1. The van der Waals surface area contributed by atoms with Gasteiger partial charge in [0, 0.05) is 38.2 Å². The molecule has 1 amide bonds. The van der Waals surface area contributed by atoms with Crippen molar-refractivity contribution in [2.45, 2.75) is 38.5 Å². The van der Waals surface area contributed by atoms with Crippen molar-refractivity contribution in [3.63, 3.8) is 0 Å². The van der Waals surface area contributed by atoms with Gasteiger partial charge < -0.3 is 15.4 Å². The molecule has 0 unspecified atom stereocenters. The number of rotatable bonds is 9. The molecule has 0 aliphatic carbocycles. The summed E-state index contributed by atoms with van der Waals surface area (Å²) >= 11 is 0. The largest absolute Gasteiger partial charge is 0.481 e. The van der Waals surface area contributed by atoms with Crippen LogP contribution in [-0.4, -0.2) is 33.5 Å². The maximum atomic E-state index is 11.4. The number of nitrogens with zero attached hydrogens (tertiary/aromatic N) is 1. The van der Waals surface area contributed by atoms with Crippen LogP contribution >= 0.6 is 0 Å². The second-order valence-electron chi connectivity index (χ2n) is 4.09. The Morgan fingerprint density at radius 3 is 2.72 bits per heavy atom. The second-order valence-corrected chi connectivity index (χ2v) is 4.09. The molecule has 0 aliphatic rings. The lowest BCUT2D eigenvalue weighted by atomic mass is 10.2. The minimum absolute atomic E-state index is 0.0140. The van der Waals surface area contributed by atoms with E-state index in [1.165, 1.54) is 0 Å². The van der Waals surface area contributed by atoms with Crippen molar-refractivity contribution in [2.24, 2.45) is 0 Å². The third-order valence-electron chi connectivity index (χ3n) is 2.51. The average molecular weight is 253 g/mol. The van der Waals surface area contributed by atoms with E-state index in [1.807, 2.05) is 0 Å². The molecule has 1 rings (SSSR count). The van der Waals surface area contributed by atoms with Crippen LogP contribution in [0.1, 0.15) is 37.9 Å². The molecule has 18 heavy (non-hydrogen) atoms. The fourth-order valence-electron chi connectivity index (χ4n) is 1.57. The van der Waals surface area contributed by atoms with Gasteiger partial charge >= 0.3 is 5.97 Å². The van der Waals surface area contributed by atoms with Gasteiger partial charge in [-0.05, 0) is 19.3 Å². The maximum absolute atomic E-state index is 11.4. The number of unbranched alkanes of at least 4 members (excludes halogenated alkanes) is 1. The number of nitrogens with one attached hydrogen (secondary N) is 2. The SMILES string of the molecule is O=C(O)CCCCC(=O)NCCCc1ncc[nH]1. The molecule has 6 nitrogen and oxygen atoms in total. The van der Waals surface area contributed by atoms with Crippen LogP contribution in [0.15, 0.2) is 12.4 Å². The third-order valence-corrected chi connectivity index (χ3v) is 2.51. The van der Waals surface area contributed by atoms with E-state index in [9.17, 15) is 9.59 Å². The Labute approximate surface area is 106 Å². The van der Waals surface area contributed by atoms with E-state index >= 15 is 0 Å². The summed E-state index contributed by atoms with van der Waals surface area (Å²) in [5, 5.41) is 11.2. The number of carboxylic acids is 1. The first-order valence-corrected chi connectivity index (χ1v) is 6.15. The second kappa shape index (κ2) is 8.27. The summed E-state index contributed by atoms with van der Waals surface area (Å²) in [6.07, 6.45) is 6.83. The summed E-state index contributed by atoms with van der Waals surface area (Å²) in [5.41, 5.74) is 0. The smallest absolute Gasteiger partial charge is 0.303 e. The Kier molecular flexibility index (Phi) is 6.53. The van der Waals surface area contributed by atoms with Crippen LogP contribution in [-0.2, 0) is 16.0 Å². The van der Waals surface area contributed by atoms with E-state index in [2.05, 4.69) is 15.3 Å². The minimum atomic E-state index is -0.811. The normalized spacial score (nSPS) is 10.2. The van der Waals surface area contributed by atoms with Crippen molar-refractivity contribution in [3.05, 3.63) is 18.2 Å². The number of aromatic nitrogens is 2. The molecule has 0 atom stereocenters. The standard InChI is InChI=1S/C12H19N3O3/c16-11(5-1-2-6-12(17)18)15-7-3-4-10-13-8-9-14-10/h8-9H,1-7H2,(H,13,14)(H,15,16)(H,17,18). The molecule has 0 saturated carbocycles. The molecule has 1 heterocycles. The Hall–Kier alpha value is -1.85. The van der Waals surface area contributed by atoms with Gasteiger partial charge in [-0.2, -0.15) is 0 Å². The van der Waals surface area contributed by atoms with E-state index in [0.717, 1.165) is 18.7 Å². The van der Waals surface area contributed by atoms with Crippen LogP contribution in [0.2, 0.25) is 0 Å². The lowest BCUT2D eigenvalue weighted by Crippen LogP contribution is -2.24. The first-order valence-electron chi connectivity index (χ1n) is 6.15. The summed E-state index contributed by atoms with van der Waals surface area (Å²) < 4.78 is 0. The van der Waals surface area contributed by atoms with E-state index < -0.39 is 5.97 Å². The van der Waals surface area contributed by atoms with Crippen molar-refractivity contribution in [1.82, 2.24) is 15.3 Å². The number of aryl methyl sites for hydroxylation is 1. The zero-order chi connectivity index (χ0) is 13.2. The number of hydrogen-bond donors (Lipinski definition) is 3. The summed E-state index contributed by atoms with van der Waals surface area (Å²) in [7, 11) is 0. The lowest BCUT2D eigenvalue weighted by molar-refractivity contribution is -0.137. The van der Waals surface area contributed by atoms with Crippen LogP contribution in [0, 0.1) is 0 Å². The highest BCUT2D eigenvalue weighted by Crippen LogP contribution is 2.00. The predicted molar refractivity (Wildman–Crippen MR) is 66.0 cm³/mol. The molecule has 0 aliphatic heterocycles. The van der Waals surface area contributed by atoms with Crippen molar-refractivity contribution in [3.8, 4) is 0 Å². The number of hydrogen-bond acceptors (Lipinski definition) is 3. The first-order chi connectivity index (χ1) is 8.68. The van der Waals surface area contributed by atoms with Gasteiger partial charge in [0.1, 0.15) is 5.82 Å². The van der Waals surface area contributed by atoms with E-state index in [1.54, 1.807) is 12.4 Å². The zero-order valence-corrected chi connectivity index (χ0v) is 10.3. The molecule has 0 spiro atoms. The number of carbonyl (C=O) groups is 2. The third kappa shape index (κ3) is 6.67. The number of aromatic amines is 1. The van der Waals surface area contributed by atoms with Crippen molar-refractivity contribution >= 4 is 11.9 Å². The van der Waals surface area contributed by atoms with Crippen molar-refractivity contribution < 1.29 is 14.7 Å². The molecule has 1 aromatic rings. The van der Waals surface area contributed by atoms with Crippen LogP contribution < -0.4 is 5.32 Å². The molecule has 0 aromatic carbocycles. The molecule has 0 fully saturated rings. The van der Waals surface area contributed by atoms with Gasteiger partial charge in [-0.25, -0.2) is 4.98 Å². The van der Waals surface area contributed by atoms with Crippen molar-refractivity contribution in [2.75, 3.05) is 6.54 Å². The highest BCUT2D eigenvalue weighted by atomic mass is 16.4. The van der Waals surface area contributed by atoms with E-state index in [4.69, 9.17) is 5.11 Å². The van der Waals surface area contributed by atoms with Gasteiger partial charge in [-0.1, -0.05) is 0 Å². The number of H-pyrrole nitrogens is 1. The van der Waals surface area contributed by atoms with Crippen molar-refractivity contribution in [1.29, 1.82) is 0 Å². The highest BCUT2D eigenvalue weighted by Gasteiger charge is 2.02. The minimum Gasteiger partial charge on any atom is -0.481 e. The molecule has 0 radical (unpaired) electrons. The number of imidazole rings is 1. The lowest BCUT2D eigenvalue weighted by Gasteiger charge is -2.03. The van der Waals surface area contributed by atoms with Gasteiger partial charge in [-0.3, -0.25) is 9.59 Å². The summed E-state index contributed by atoms with van der Waals surface area (Å²) in [4.78, 5) is 28.7. The molecule has 100 valence electrons. The molecule has 1 aromatic heterocycles. The molecular weight excluding hydrogens is 234 g/mol. The fourth-order valence-corrected chi connectivity index (χ4v) is 1.57. The fraction of sp³-hybridized carbons (Fsp3) is 0.583. The Morgan fingerprint density at radius 2 is 2.06 bits per heavy atom. The highest BCUT2D eigenvalue weighted by molar-refractivity contribution is 5.75. The molecule has 0 bridgehead atoms. The van der Waals surface area contributed by atoms with Crippen LogP contribution in [0.25, 0.3) is 0 Å². The van der Waals surface area contributed by atoms with Crippen LogP contribution in [0.5, 0.6) is 0 Å². The number of carbonyl (C=O) groups excluding carboxylic acids is 1. The van der Waals surface area contributed by atoms with Crippen LogP contribution in [0.3, 0.4) is 0 Å². The summed E-state index contributed by atoms with van der Waals surface area (Å²) in [6.45, 7) is 0.623. The van der Waals surface area contributed by atoms with Gasteiger partial charge in [0.05, 0.1) is 0 Å². The summed E-state index contributed by atoms with van der Waals surface area (Å²) in [6, 6.07) is 0. The Bertz CT molecular complexity index is 363. The molecule has 3 N–H and O–H groups in total. The number of amides is 1. The quantitative estimate of drug-likeness (QED) is 0.574. The average Bonchev–Trinajstić information content (AvgIpc) is 2.83. The van der Waals surface area contributed by atoms with Gasteiger partial charge in [0.2, 0.25) is 5.91 Å². The monoisotopic (exact) mass is 253 g/mol. The van der Waals surface area contributed by atoms with Crippen LogP contribution in [0.4, 0.5) is 0 Å².